The molecule has 1 aromatic rings. The summed E-state index contributed by atoms with van der Waals surface area (Å²) in [7, 11) is 3.42. The molecule has 0 spiro atoms. The second kappa shape index (κ2) is 9.97. The van der Waals surface area contributed by atoms with Crippen molar-refractivity contribution in [3.05, 3.63) is 35.9 Å². The van der Waals surface area contributed by atoms with Gasteiger partial charge in [0.1, 0.15) is 0 Å². The van der Waals surface area contributed by atoms with Gasteiger partial charge >= 0.3 is 12.0 Å². The summed E-state index contributed by atoms with van der Waals surface area (Å²) in [4.78, 5) is 46.9. The minimum absolute atomic E-state index is 0.119. The summed E-state index contributed by atoms with van der Waals surface area (Å²) in [6, 6.07) is 8.44. The Balaban J connectivity index is 1.62. The molecule has 0 aliphatic carbocycles. The number of likely N-dealkylation sites (N-methyl/N-ethyl adjacent to an activating group) is 2. The van der Waals surface area contributed by atoms with Gasteiger partial charge in [-0.25, -0.2) is 9.79 Å². The number of benzene rings is 1. The summed E-state index contributed by atoms with van der Waals surface area (Å²) >= 11 is 1.23. The van der Waals surface area contributed by atoms with Gasteiger partial charge in [-0.1, -0.05) is 61.9 Å². The molecule has 2 atom stereocenters. The van der Waals surface area contributed by atoms with E-state index in [2.05, 4.69) is 11.9 Å². The number of amidine groups is 1. The Labute approximate surface area is 181 Å². The molecule has 0 aromatic heterocycles. The van der Waals surface area contributed by atoms with Gasteiger partial charge in [-0.15, -0.1) is 0 Å². The Morgan fingerprint density at radius 2 is 1.87 bits per heavy atom. The van der Waals surface area contributed by atoms with Crippen LogP contribution in [0.5, 0.6) is 0 Å². The maximum atomic E-state index is 13.1. The van der Waals surface area contributed by atoms with Gasteiger partial charge in [0.05, 0.1) is 18.9 Å². The molecule has 2 aliphatic rings. The van der Waals surface area contributed by atoms with Crippen molar-refractivity contribution in [2.45, 2.75) is 44.9 Å². The number of aliphatic imine (C=N–C) groups is 1. The third-order valence-corrected chi connectivity index (χ3v) is 6.24. The quantitative estimate of drug-likeness (QED) is 0.464. The number of ether oxygens (including phenoxy) is 1. The van der Waals surface area contributed by atoms with E-state index in [1.807, 2.05) is 30.3 Å². The van der Waals surface area contributed by atoms with Gasteiger partial charge in [-0.2, -0.15) is 0 Å². The molecule has 1 aromatic carbocycles. The van der Waals surface area contributed by atoms with E-state index in [0.717, 1.165) is 24.8 Å². The smallest absolute Gasteiger partial charge is 0.328 e. The van der Waals surface area contributed by atoms with Crippen LogP contribution in [0.15, 0.2) is 35.3 Å². The number of rotatable bonds is 8. The molecule has 2 unspecified atom stereocenters. The molecule has 2 heterocycles. The number of hydrogen-bond acceptors (Lipinski definition) is 7. The van der Waals surface area contributed by atoms with Crippen LogP contribution in [0.2, 0.25) is 0 Å². The molecule has 162 valence electrons. The number of unbranched alkanes of at least 4 members (excludes halogenated alkanes) is 2. The topological polar surface area (TPSA) is 82.5 Å². The third-order valence-electron chi connectivity index (χ3n) is 5.21. The highest BCUT2D eigenvalue weighted by molar-refractivity contribution is 8.14. The van der Waals surface area contributed by atoms with Crippen molar-refractivity contribution >= 4 is 34.8 Å². The lowest BCUT2D eigenvalue weighted by molar-refractivity contribution is -0.140. The minimum Gasteiger partial charge on any atom is -0.465 e. The summed E-state index contributed by atoms with van der Waals surface area (Å²) < 4.78 is 5.23. The zero-order chi connectivity index (χ0) is 21.7. The van der Waals surface area contributed by atoms with E-state index in [0.29, 0.717) is 11.8 Å². The highest BCUT2D eigenvalue weighted by atomic mass is 32.2. The van der Waals surface area contributed by atoms with Crippen molar-refractivity contribution in [1.29, 1.82) is 0 Å². The standard InChI is InChI=1S/C21H28N4O4S/c1-4-5-9-12-29-16(26)14-30-20-22-18-17(23(20)2)19(27)25(21(28)24(18)3)13-15-10-7-6-8-11-15/h6-8,10-11,17-18H,4-5,9,12-14H2,1-3H3. The van der Waals surface area contributed by atoms with Crippen LogP contribution in [0.25, 0.3) is 0 Å². The summed E-state index contributed by atoms with van der Waals surface area (Å²) in [5.74, 6) is -0.464. The molecule has 0 bridgehead atoms. The predicted molar refractivity (Wildman–Crippen MR) is 116 cm³/mol. The second-order valence-electron chi connectivity index (χ2n) is 7.40. The summed E-state index contributed by atoms with van der Waals surface area (Å²) in [6.45, 7) is 2.73. The molecule has 9 heteroatoms. The van der Waals surface area contributed by atoms with Crippen molar-refractivity contribution in [3.8, 4) is 0 Å². The van der Waals surface area contributed by atoms with Crippen LogP contribution >= 0.6 is 11.8 Å². The summed E-state index contributed by atoms with van der Waals surface area (Å²) in [5.41, 5.74) is 0.882. The van der Waals surface area contributed by atoms with Gasteiger partial charge in [0.2, 0.25) is 0 Å². The first-order valence-corrected chi connectivity index (χ1v) is 11.1. The predicted octanol–water partition coefficient (Wildman–Crippen LogP) is 2.54. The lowest BCUT2D eigenvalue weighted by Gasteiger charge is -2.40. The average Bonchev–Trinajstić information content (AvgIpc) is 3.08. The molecule has 1 saturated heterocycles. The van der Waals surface area contributed by atoms with Crippen LogP contribution in [0.3, 0.4) is 0 Å². The molecular formula is C21H28N4O4S. The zero-order valence-electron chi connectivity index (χ0n) is 17.6. The Kier molecular flexibility index (Phi) is 7.36. The lowest BCUT2D eigenvalue weighted by Crippen LogP contribution is -2.64. The number of nitrogens with zero attached hydrogens (tertiary/aromatic N) is 4. The van der Waals surface area contributed by atoms with Crippen LogP contribution in [0.1, 0.15) is 31.7 Å². The van der Waals surface area contributed by atoms with Gasteiger partial charge in [0, 0.05) is 14.1 Å². The van der Waals surface area contributed by atoms with E-state index in [-0.39, 0.29) is 30.2 Å². The van der Waals surface area contributed by atoms with E-state index in [9.17, 15) is 14.4 Å². The minimum atomic E-state index is -0.598. The largest absolute Gasteiger partial charge is 0.465 e. The van der Waals surface area contributed by atoms with Crippen molar-refractivity contribution in [1.82, 2.24) is 14.7 Å². The SMILES string of the molecule is CCCCCOC(=O)CSC1=NC2C(C(=O)N(Cc3ccccc3)C(=O)N2C)N1C. The maximum Gasteiger partial charge on any atom is 0.328 e. The highest BCUT2D eigenvalue weighted by Gasteiger charge is 2.51. The normalized spacial score (nSPS) is 21.0. The molecule has 30 heavy (non-hydrogen) atoms. The zero-order valence-corrected chi connectivity index (χ0v) is 18.4. The number of esters is 1. The number of imide groups is 1. The number of urea groups is 1. The van der Waals surface area contributed by atoms with Crippen LogP contribution in [0, 0.1) is 0 Å². The number of amides is 3. The number of hydrogen-bond donors (Lipinski definition) is 0. The van der Waals surface area contributed by atoms with Crippen molar-refractivity contribution in [3.63, 3.8) is 0 Å². The Morgan fingerprint density at radius 3 is 2.57 bits per heavy atom. The van der Waals surface area contributed by atoms with Crippen molar-refractivity contribution < 1.29 is 19.1 Å². The summed E-state index contributed by atoms with van der Waals surface area (Å²) in [6.07, 6.45) is 2.36. The second-order valence-corrected chi connectivity index (χ2v) is 8.34. The van der Waals surface area contributed by atoms with Crippen LogP contribution < -0.4 is 0 Å². The van der Waals surface area contributed by atoms with Crippen molar-refractivity contribution in [2.24, 2.45) is 4.99 Å². The maximum absolute atomic E-state index is 13.1. The Hall–Kier alpha value is -2.55. The van der Waals surface area contributed by atoms with Crippen LogP contribution in [0.4, 0.5) is 4.79 Å². The Morgan fingerprint density at radius 1 is 1.13 bits per heavy atom. The highest BCUT2D eigenvalue weighted by Crippen LogP contribution is 2.30. The first kappa shape index (κ1) is 22.1. The first-order chi connectivity index (χ1) is 14.4. The fourth-order valence-electron chi connectivity index (χ4n) is 3.50. The molecule has 0 N–H and O–H groups in total. The monoisotopic (exact) mass is 432 g/mol. The van der Waals surface area contributed by atoms with Gasteiger partial charge in [-0.05, 0) is 12.0 Å². The lowest BCUT2D eigenvalue weighted by atomic mass is 10.1. The van der Waals surface area contributed by atoms with Crippen LogP contribution in [-0.2, 0) is 20.9 Å². The molecule has 0 radical (unpaired) electrons. The van der Waals surface area contributed by atoms with E-state index in [1.54, 1.807) is 19.0 Å². The van der Waals surface area contributed by atoms with E-state index in [1.165, 1.54) is 21.6 Å². The molecule has 8 nitrogen and oxygen atoms in total. The fourth-order valence-corrected chi connectivity index (χ4v) is 4.33. The molecule has 1 fully saturated rings. The number of fused-ring (bicyclic) bond motifs is 1. The number of carbonyl (C=O) groups is 3. The van der Waals surface area contributed by atoms with Gasteiger partial charge < -0.3 is 14.5 Å². The molecule has 3 amide bonds. The molecule has 0 saturated carbocycles. The van der Waals surface area contributed by atoms with Gasteiger partial charge in [-0.3, -0.25) is 14.5 Å². The summed E-state index contributed by atoms with van der Waals surface area (Å²) in [5, 5.41) is 0.560. The van der Waals surface area contributed by atoms with Crippen molar-refractivity contribution in [2.75, 3.05) is 26.5 Å². The van der Waals surface area contributed by atoms with E-state index >= 15 is 0 Å². The molecular weight excluding hydrogens is 404 g/mol. The van der Waals surface area contributed by atoms with Gasteiger partial charge in [0.15, 0.2) is 17.4 Å². The fraction of sp³-hybridized carbons (Fsp3) is 0.524. The van der Waals surface area contributed by atoms with Gasteiger partial charge in [0.25, 0.3) is 5.91 Å². The number of thioether (sulfide) groups is 1. The van der Waals surface area contributed by atoms with E-state index < -0.39 is 12.2 Å². The van der Waals surface area contributed by atoms with E-state index in [4.69, 9.17) is 4.74 Å². The Bertz CT molecular complexity index is 816. The number of carbonyl (C=O) groups excluding carboxylic acids is 3. The average molecular weight is 433 g/mol. The molecule has 2 aliphatic heterocycles. The third kappa shape index (κ3) is 4.77. The first-order valence-electron chi connectivity index (χ1n) is 10.1. The van der Waals surface area contributed by atoms with Crippen LogP contribution in [-0.4, -0.2) is 76.4 Å². The molecule has 3 rings (SSSR count).